The third-order valence-corrected chi connectivity index (χ3v) is 7.00. The van der Waals surface area contributed by atoms with E-state index in [1.165, 1.54) is 4.88 Å². The summed E-state index contributed by atoms with van der Waals surface area (Å²) in [6, 6.07) is 11.2. The molecule has 1 aliphatic heterocycles. The quantitative estimate of drug-likeness (QED) is 0.740. The topological polar surface area (TPSA) is 78.5 Å². The molecule has 1 aromatic carbocycles. The Hall–Kier alpha value is -2.67. The molecule has 1 aromatic heterocycles. The molecule has 6 nitrogen and oxygen atoms in total. The van der Waals surface area contributed by atoms with Crippen LogP contribution in [0, 0.1) is 0 Å². The molecule has 3 amide bonds. The zero-order chi connectivity index (χ0) is 20.3. The van der Waals surface area contributed by atoms with Gasteiger partial charge < -0.3 is 15.5 Å². The van der Waals surface area contributed by atoms with Crippen molar-refractivity contribution in [2.24, 2.45) is 0 Å². The standard InChI is InChI=1S/C22H25N3O3S/c26-19-9-4-12-25(19)17-7-3-6-16(14-17)24-21(28)20(27)23-15-22(10-1-2-11-22)18-8-5-13-29-18/h3,5-8,13-14H,1-2,4,9-12,15H2,(H,23,27)(H,24,28). The van der Waals surface area contributed by atoms with Crippen molar-refractivity contribution in [3.8, 4) is 0 Å². The van der Waals surface area contributed by atoms with Crippen molar-refractivity contribution in [3.63, 3.8) is 0 Å². The summed E-state index contributed by atoms with van der Waals surface area (Å²) in [5, 5.41) is 7.56. The van der Waals surface area contributed by atoms with Crippen molar-refractivity contribution in [1.29, 1.82) is 0 Å². The predicted molar refractivity (Wildman–Crippen MR) is 114 cm³/mol. The van der Waals surface area contributed by atoms with Gasteiger partial charge in [0.05, 0.1) is 0 Å². The lowest BCUT2D eigenvalue weighted by molar-refractivity contribution is -0.136. The second-order valence-corrected chi connectivity index (χ2v) is 8.75. The normalized spacial score (nSPS) is 18.1. The van der Waals surface area contributed by atoms with E-state index in [0.29, 0.717) is 25.2 Å². The van der Waals surface area contributed by atoms with E-state index in [9.17, 15) is 14.4 Å². The van der Waals surface area contributed by atoms with Crippen LogP contribution in [-0.2, 0) is 19.8 Å². The maximum absolute atomic E-state index is 12.4. The largest absolute Gasteiger partial charge is 0.347 e. The molecule has 0 bridgehead atoms. The average molecular weight is 412 g/mol. The smallest absolute Gasteiger partial charge is 0.313 e. The van der Waals surface area contributed by atoms with Gasteiger partial charge in [0.15, 0.2) is 0 Å². The molecular formula is C22H25N3O3S. The molecule has 0 spiro atoms. The first kappa shape index (κ1) is 19.6. The van der Waals surface area contributed by atoms with Gasteiger partial charge in [0.1, 0.15) is 0 Å². The number of amides is 3. The van der Waals surface area contributed by atoms with Crippen LogP contribution in [0.25, 0.3) is 0 Å². The van der Waals surface area contributed by atoms with Gasteiger partial charge in [-0.3, -0.25) is 14.4 Å². The first-order valence-corrected chi connectivity index (χ1v) is 11.0. The molecule has 0 atom stereocenters. The van der Waals surface area contributed by atoms with Crippen molar-refractivity contribution in [3.05, 3.63) is 46.7 Å². The van der Waals surface area contributed by atoms with Gasteiger partial charge in [-0.1, -0.05) is 25.0 Å². The van der Waals surface area contributed by atoms with Crippen molar-refractivity contribution in [1.82, 2.24) is 5.32 Å². The van der Waals surface area contributed by atoms with Gasteiger partial charge in [-0.2, -0.15) is 0 Å². The molecule has 2 aliphatic rings. The molecule has 1 saturated carbocycles. The van der Waals surface area contributed by atoms with Crippen LogP contribution in [0.15, 0.2) is 41.8 Å². The third-order valence-electron chi connectivity index (χ3n) is 5.89. The second kappa shape index (κ2) is 8.37. The second-order valence-electron chi connectivity index (χ2n) is 7.80. The zero-order valence-electron chi connectivity index (χ0n) is 16.3. The van der Waals surface area contributed by atoms with Crippen LogP contribution in [0.3, 0.4) is 0 Å². The van der Waals surface area contributed by atoms with Gasteiger partial charge in [0, 0.05) is 41.2 Å². The molecule has 7 heteroatoms. The van der Waals surface area contributed by atoms with Crippen LogP contribution >= 0.6 is 11.3 Å². The Balaban J connectivity index is 1.37. The van der Waals surface area contributed by atoms with E-state index in [1.807, 2.05) is 12.1 Å². The lowest BCUT2D eigenvalue weighted by Crippen LogP contribution is -2.43. The summed E-state index contributed by atoms with van der Waals surface area (Å²) in [4.78, 5) is 39.7. The Morgan fingerprint density at radius 2 is 1.90 bits per heavy atom. The van der Waals surface area contributed by atoms with Crippen molar-refractivity contribution in [2.75, 3.05) is 23.3 Å². The monoisotopic (exact) mass is 411 g/mol. The molecular weight excluding hydrogens is 386 g/mol. The molecule has 29 heavy (non-hydrogen) atoms. The number of hydrogen-bond donors (Lipinski definition) is 2. The minimum absolute atomic E-state index is 0.0554. The third kappa shape index (κ3) is 4.19. The summed E-state index contributed by atoms with van der Waals surface area (Å²) in [6.07, 6.45) is 5.72. The van der Waals surface area contributed by atoms with Gasteiger partial charge in [-0.05, 0) is 48.9 Å². The number of rotatable bonds is 5. The highest BCUT2D eigenvalue weighted by Crippen LogP contribution is 2.42. The number of thiophene rings is 1. The van der Waals surface area contributed by atoms with Gasteiger partial charge in [-0.25, -0.2) is 0 Å². The fraction of sp³-hybridized carbons (Fsp3) is 0.409. The number of hydrogen-bond acceptors (Lipinski definition) is 4. The fourth-order valence-electron chi connectivity index (χ4n) is 4.33. The maximum Gasteiger partial charge on any atom is 0.313 e. The molecule has 4 rings (SSSR count). The van der Waals surface area contributed by atoms with E-state index in [2.05, 4.69) is 22.1 Å². The molecule has 0 radical (unpaired) electrons. The number of nitrogens with zero attached hydrogens (tertiary/aromatic N) is 1. The highest BCUT2D eigenvalue weighted by molar-refractivity contribution is 7.10. The van der Waals surface area contributed by atoms with Gasteiger partial charge in [-0.15, -0.1) is 11.3 Å². The van der Waals surface area contributed by atoms with Gasteiger partial charge in [0.25, 0.3) is 0 Å². The van der Waals surface area contributed by atoms with Crippen molar-refractivity contribution in [2.45, 2.75) is 43.9 Å². The lowest BCUT2D eigenvalue weighted by atomic mass is 9.84. The van der Waals surface area contributed by atoms with Crippen LogP contribution in [-0.4, -0.2) is 30.8 Å². The Bertz CT molecular complexity index is 904. The summed E-state index contributed by atoms with van der Waals surface area (Å²) in [5.74, 6) is -1.23. The summed E-state index contributed by atoms with van der Waals surface area (Å²) < 4.78 is 0. The first-order valence-electron chi connectivity index (χ1n) is 10.1. The molecule has 2 N–H and O–H groups in total. The van der Waals surface area contributed by atoms with E-state index in [1.54, 1.807) is 34.4 Å². The number of benzene rings is 1. The average Bonchev–Trinajstić information content (AvgIpc) is 3.48. The Morgan fingerprint density at radius 1 is 1.07 bits per heavy atom. The highest BCUT2D eigenvalue weighted by atomic mass is 32.1. The molecule has 1 aliphatic carbocycles. The molecule has 2 fully saturated rings. The van der Waals surface area contributed by atoms with E-state index in [-0.39, 0.29) is 11.3 Å². The van der Waals surface area contributed by atoms with Gasteiger partial charge >= 0.3 is 11.8 Å². The van der Waals surface area contributed by atoms with E-state index in [0.717, 1.165) is 37.8 Å². The highest BCUT2D eigenvalue weighted by Gasteiger charge is 2.37. The summed E-state index contributed by atoms with van der Waals surface area (Å²) in [7, 11) is 0. The number of anilines is 2. The van der Waals surface area contributed by atoms with Crippen LogP contribution in [0.2, 0.25) is 0 Å². The van der Waals surface area contributed by atoms with Crippen LogP contribution in [0.1, 0.15) is 43.4 Å². The molecule has 1 saturated heterocycles. The van der Waals surface area contributed by atoms with Gasteiger partial charge in [0.2, 0.25) is 5.91 Å². The zero-order valence-corrected chi connectivity index (χ0v) is 17.1. The lowest BCUT2D eigenvalue weighted by Gasteiger charge is -2.28. The molecule has 0 unspecified atom stereocenters. The van der Waals surface area contributed by atoms with Crippen LogP contribution in [0.4, 0.5) is 11.4 Å². The molecule has 2 heterocycles. The molecule has 2 aromatic rings. The van der Waals surface area contributed by atoms with Crippen molar-refractivity contribution < 1.29 is 14.4 Å². The SMILES string of the molecule is O=C(NCC1(c2cccs2)CCCC1)C(=O)Nc1cccc(N2CCCC2=O)c1. The Kier molecular flexibility index (Phi) is 5.67. The first-order chi connectivity index (χ1) is 14.1. The van der Waals surface area contributed by atoms with Crippen LogP contribution in [0.5, 0.6) is 0 Å². The number of carbonyl (C=O) groups is 3. The van der Waals surface area contributed by atoms with Crippen LogP contribution < -0.4 is 15.5 Å². The minimum Gasteiger partial charge on any atom is -0.347 e. The van der Waals surface area contributed by atoms with E-state index >= 15 is 0 Å². The predicted octanol–water partition coefficient (Wildman–Crippen LogP) is 3.44. The summed E-state index contributed by atoms with van der Waals surface area (Å²) >= 11 is 1.71. The number of carbonyl (C=O) groups excluding carboxylic acids is 3. The molecule has 152 valence electrons. The van der Waals surface area contributed by atoms with Crippen molar-refractivity contribution >= 4 is 40.4 Å². The Labute approximate surface area is 174 Å². The Morgan fingerprint density at radius 3 is 2.59 bits per heavy atom. The van der Waals surface area contributed by atoms with E-state index < -0.39 is 11.8 Å². The fourth-order valence-corrected chi connectivity index (χ4v) is 5.32. The minimum atomic E-state index is -0.686. The number of nitrogens with one attached hydrogen (secondary N) is 2. The van der Waals surface area contributed by atoms with E-state index in [4.69, 9.17) is 0 Å². The maximum atomic E-state index is 12.4. The summed E-state index contributed by atoms with van der Waals surface area (Å²) in [5.41, 5.74) is 1.20. The summed E-state index contributed by atoms with van der Waals surface area (Å²) in [6.45, 7) is 1.16.